The topological polar surface area (TPSA) is 41.1 Å². The SMILES string of the molecule is Cc1ccc(CNC(=O)C2CCCNC2)c(C)c1. The molecule has 0 saturated carbocycles. The number of carbonyl (C=O) groups excluding carboxylic acids is 1. The van der Waals surface area contributed by atoms with Crippen LogP contribution in [0.15, 0.2) is 18.2 Å². The molecule has 0 bridgehead atoms. The molecule has 2 rings (SSSR count). The van der Waals surface area contributed by atoms with Crippen LogP contribution in [0, 0.1) is 19.8 Å². The third-order valence-electron chi connectivity index (χ3n) is 3.62. The van der Waals surface area contributed by atoms with Crippen molar-refractivity contribution < 1.29 is 4.79 Å². The minimum absolute atomic E-state index is 0.143. The van der Waals surface area contributed by atoms with Crippen LogP contribution in [0.2, 0.25) is 0 Å². The van der Waals surface area contributed by atoms with E-state index in [1.807, 2.05) is 0 Å². The fourth-order valence-corrected chi connectivity index (χ4v) is 2.45. The number of aryl methyl sites for hydroxylation is 2. The number of carbonyl (C=O) groups is 1. The van der Waals surface area contributed by atoms with E-state index < -0.39 is 0 Å². The normalized spacial score (nSPS) is 19.6. The van der Waals surface area contributed by atoms with Crippen LogP contribution in [0.3, 0.4) is 0 Å². The first-order valence-corrected chi connectivity index (χ1v) is 6.71. The van der Waals surface area contributed by atoms with Crippen LogP contribution >= 0.6 is 0 Å². The summed E-state index contributed by atoms with van der Waals surface area (Å²) in [6.07, 6.45) is 2.10. The monoisotopic (exact) mass is 246 g/mol. The summed E-state index contributed by atoms with van der Waals surface area (Å²) in [5, 5.41) is 6.32. The fourth-order valence-electron chi connectivity index (χ4n) is 2.45. The summed E-state index contributed by atoms with van der Waals surface area (Å²) in [5.41, 5.74) is 3.72. The molecule has 0 spiro atoms. The smallest absolute Gasteiger partial charge is 0.224 e. The van der Waals surface area contributed by atoms with Crippen LogP contribution in [0.4, 0.5) is 0 Å². The van der Waals surface area contributed by atoms with Crippen LogP contribution in [0.25, 0.3) is 0 Å². The highest BCUT2D eigenvalue weighted by Gasteiger charge is 2.20. The number of piperidine rings is 1. The molecule has 1 heterocycles. The first-order chi connectivity index (χ1) is 8.66. The van der Waals surface area contributed by atoms with E-state index in [0.717, 1.165) is 25.9 Å². The van der Waals surface area contributed by atoms with Crippen molar-refractivity contribution in [3.63, 3.8) is 0 Å². The van der Waals surface area contributed by atoms with Gasteiger partial charge in [0.1, 0.15) is 0 Å². The van der Waals surface area contributed by atoms with E-state index >= 15 is 0 Å². The highest BCUT2D eigenvalue weighted by atomic mass is 16.1. The van der Waals surface area contributed by atoms with Crippen molar-refractivity contribution in [2.45, 2.75) is 33.2 Å². The largest absolute Gasteiger partial charge is 0.352 e. The second-order valence-electron chi connectivity index (χ2n) is 5.19. The molecule has 98 valence electrons. The van der Waals surface area contributed by atoms with Crippen molar-refractivity contribution in [1.29, 1.82) is 0 Å². The number of hydrogen-bond acceptors (Lipinski definition) is 2. The molecule has 1 atom stereocenters. The number of amides is 1. The zero-order valence-corrected chi connectivity index (χ0v) is 11.3. The summed E-state index contributed by atoms with van der Waals surface area (Å²) in [5.74, 6) is 0.326. The predicted octanol–water partition coefficient (Wildman–Crippen LogP) is 1.92. The summed E-state index contributed by atoms with van der Waals surface area (Å²) in [6.45, 7) is 6.68. The number of rotatable bonds is 3. The molecule has 2 N–H and O–H groups in total. The maximum atomic E-state index is 12.0. The lowest BCUT2D eigenvalue weighted by Crippen LogP contribution is -2.40. The van der Waals surface area contributed by atoms with Gasteiger partial charge < -0.3 is 10.6 Å². The maximum absolute atomic E-state index is 12.0. The molecule has 1 aliphatic rings. The highest BCUT2D eigenvalue weighted by Crippen LogP contribution is 2.12. The summed E-state index contributed by atoms with van der Waals surface area (Å²) in [6, 6.07) is 6.35. The molecule has 1 saturated heterocycles. The van der Waals surface area contributed by atoms with Crippen LogP contribution in [0.5, 0.6) is 0 Å². The standard InChI is InChI=1S/C15H22N2O/c1-11-5-6-13(12(2)8-11)10-17-15(18)14-4-3-7-16-9-14/h5-6,8,14,16H,3-4,7,9-10H2,1-2H3,(H,17,18). The Kier molecular flexibility index (Phi) is 4.37. The lowest BCUT2D eigenvalue weighted by molar-refractivity contribution is -0.125. The van der Waals surface area contributed by atoms with Gasteiger partial charge in [-0.3, -0.25) is 4.79 Å². The zero-order valence-electron chi connectivity index (χ0n) is 11.3. The maximum Gasteiger partial charge on any atom is 0.224 e. The quantitative estimate of drug-likeness (QED) is 0.855. The van der Waals surface area contributed by atoms with Gasteiger partial charge in [-0.15, -0.1) is 0 Å². The Labute approximate surface area is 109 Å². The molecule has 1 aliphatic heterocycles. The lowest BCUT2D eigenvalue weighted by atomic mass is 9.98. The Morgan fingerprint density at radius 1 is 1.44 bits per heavy atom. The third-order valence-corrected chi connectivity index (χ3v) is 3.62. The first-order valence-electron chi connectivity index (χ1n) is 6.71. The van der Waals surface area contributed by atoms with Crippen LogP contribution in [-0.4, -0.2) is 19.0 Å². The number of benzene rings is 1. The molecule has 3 nitrogen and oxygen atoms in total. The molecular weight excluding hydrogens is 224 g/mol. The average Bonchev–Trinajstić information content (AvgIpc) is 2.38. The van der Waals surface area contributed by atoms with Crippen molar-refractivity contribution in [3.8, 4) is 0 Å². The zero-order chi connectivity index (χ0) is 13.0. The number of hydrogen-bond donors (Lipinski definition) is 2. The van der Waals surface area contributed by atoms with Crippen LogP contribution in [0.1, 0.15) is 29.5 Å². The van der Waals surface area contributed by atoms with E-state index in [1.165, 1.54) is 16.7 Å². The van der Waals surface area contributed by atoms with Gasteiger partial charge >= 0.3 is 0 Å². The Morgan fingerprint density at radius 2 is 2.28 bits per heavy atom. The predicted molar refractivity (Wildman–Crippen MR) is 73.4 cm³/mol. The fraction of sp³-hybridized carbons (Fsp3) is 0.533. The summed E-state index contributed by atoms with van der Waals surface area (Å²) >= 11 is 0. The summed E-state index contributed by atoms with van der Waals surface area (Å²) in [4.78, 5) is 12.0. The Balaban J connectivity index is 1.88. The Hall–Kier alpha value is -1.35. The van der Waals surface area contributed by atoms with Crippen LogP contribution < -0.4 is 10.6 Å². The van der Waals surface area contributed by atoms with E-state index in [1.54, 1.807) is 0 Å². The van der Waals surface area contributed by atoms with Crippen molar-refractivity contribution in [1.82, 2.24) is 10.6 Å². The lowest BCUT2D eigenvalue weighted by Gasteiger charge is -2.22. The molecule has 0 aromatic heterocycles. The molecule has 0 aliphatic carbocycles. The van der Waals surface area contributed by atoms with Crippen LogP contribution in [-0.2, 0) is 11.3 Å². The van der Waals surface area contributed by atoms with E-state index in [2.05, 4.69) is 42.7 Å². The second-order valence-corrected chi connectivity index (χ2v) is 5.19. The van der Waals surface area contributed by atoms with E-state index in [4.69, 9.17) is 0 Å². The van der Waals surface area contributed by atoms with Gasteiger partial charge in [0.2, 0.25) is 5.91 Å². The average molecular weight is 246 g/mol. The molecule has 18 heavy (non-hydrogen) atoms. The second kappa shape index (κ2) is 6.01. The van der Waals surface area contributed by atoms with Gasteiger partial charge in [0, 0.05) is 13.1 Å². The van der Waals surface area contributed by atoms with Crippen molar-refractivity contribution in [2.24, 2.45) is 5.92 Å². The first kappa shape index (κ1) is 13.1. The Morgan fingerprint density at radius 3 is 2.94 bits per heavy atom. The van der Waals surface area contributed by atoms with Gasteiger partial charge in [0.25, 0.3) is 0 Å². The van der Waals surface area contributed by atoms with Gasteiger partial charge in [0.05, 0.1) is 5.92 Å². The minimum atomic E-state index is 0.143. The van der Waals surface area contributed by atoms with Gasteiger partial charge in [-0.05, 0) is 44.4 Å². The molecule has 1 aromatic rings. The molecule has 0 radical (unpaired) electrons. The summed E-state index contributed by atoms with van der Waals surface area (Å²) < 4.78 is 0. The molecule has 1 fully saturated rings. The Bertz CT molecular complexity index is 423. The summed E-state index contributed by atoms with van der Waals surface area (Å²) in [7, 11) is 0. The third kappa shape index (κ3) is 3.33. The molecule has 1 unspecified atom stereocenters. The van der Waals surface area contributed by atoms with Gasteiger partial charge in [-0.25, -0.2) is 0 Å². The van der Waals surface area contributed by atoms with Crippen molar-refractivity contribution in [2.75, 3.05) is 13.1 Å². The van der Waals surface area contributed by atoms with E-state index in [9.17, 15) is 4.79 Å². The molecule has 1 amide bonds. The van der Waals surface area contributed by atoms with Gasteiger partial charge in [-0.1, -0.05) is 23.8 Å². The number of nitrogens with one attached hydrogen (secondary N) is 2. The molecule has 3 heteroatoms. The molecule has 1 aromatic carbocycles. The van der Waals surface area contributed by atoms with E-state index in [-0.39, 0.29) is 11.8 Å². The minimum Gasteiger partial charge on any atom is -0.352 e. The van der Waals surface area contributed by atoms with E-state index in [0.29, 0.717) is 6.54 Å². The van der Waals surface area contributed by atoms with Crippen molar-refractivity contribution in [3.05, 3.63) is 34.9 Å². The van der Waals surface area contributed by atoms with Gasteiger partial charge in [-0.2, -0.15) is 0 Å². The van der Waals surface area contributed by atoms with Gasteiger partial charge in [0.15, 0.2) is 0 Å². The van der Waals surface area contributed by atoms with Crippen molar-refractivity contribution >= 4 is 5.91 Å². The molecular formula is C15H22N2O. The highest BCUT2D eigenvalue weighted by molar-refractivity contribution is 5.79.